The van der Waals surface area contributed by atoms with Crippen LogP contribution in [0, 0.1) is 5.82 Å². The number of hydrogen-bond acceptors (Lipinski definition) is 2. The van der Waals surface area contributed by atoms with E-state index < -0.39 is 11.8 Å². The molecular weight excluding hydrogens is 281 g/mol. The van der Waals surface area contributed by atoms with Crippen LogP contribution in [0.5, 0.6) is 0 Å². The van der Waals surface area contributed by atoms with E-state index in [9.17, 15) is 9.18 Å². The van der Waals surface area contributed by atoms with Crippen molar-refractivity contribution < 1.29 is 9.18 Å². The number of nitrogens with zero attached hydrogens (tertiary/aromatic N) is 1. The molecule has 0 saturated carbocycles. The Balaban J connectivity index is 1.99. The first-order valence-electron chi connectivity index (χ1n) is 6.00. The monoisotopic (exact) mass is 293 g/mol. The number of hydrogen-bond donors (Lipinski definition) is 2. The van der Waals surface area contributed by atoms with Crippen LogP contribution in [-0.2, 0) is 0 Å². The molecule has 0 aliphatic rings. The minimum atomic E-state index is -0.456. The topological polar surface area (TPSA) is 54.0 Å². The number of anilines is 1. The molecule has 2 rings (SSSR count). The largest absolute Gasteiger partial charge is 0.330 e. The number of nitrogens with one attached hydrogen (secondary N) is 2. The second-order valence-corrected chi connectivity index (χ2v) is 4.61. The molecule has 4 nitrogen and oxygen atoms in total. The van der Waals surface area contributed by atoms with E-state index in [0.717, 1.165) is 11.8 Å². The van der Waals surface area contributed by atoms with Gasteiger partial charge >= 0.3 is 6.03 Å². The highest BCUT2D eigenvalue weighted by Gasteiger charge is 2.11. The molecule has 1 heterocycles. The summed E-state index contributed by atoms with van der Waals surface area (Å²) < 4.78 is 12.9. The lowest BCUT2D eigenvalue weighted by atomic mass is 10.2. The maximum Gasteiger partial charge on any atom is 0.319 e. The Kier molecular flexibility index (Phi) is 4.53. The number of carbonyl (C=O) groups excluding carboxylic acids is 1. The van der Waals surface area contributed by atoms with Gasteiger partial charge in [-0.3, -0.25) is 4.98 Å². The molecule has 2 amide bonds. The third-order valence-electron chi connectivity index (χ3n) is 2.66. The molecule has 0 radical (unpaired) electrons. The Morgan fingerprint density at radius 3 is 2.80 bits per heavy atom. The van der Waals surface area contributed by atoms with Gasteiger partial charge in [-0.15, -0.1) is 0 Å². The fraction of sp³-hybridized carbons (Fsp3) is 0.143. The van der Waals surface area contributed by atoms with Crippen LogP contribution >= 0.6 is 11.6 Å². The van der Waals surface area contributed by atoms with Crippen molar-refractivity contribution in [1.82, 2.24) is 10.3 Å². The van der Waals surface area contributed by atoms with Crippen LogP contribution in [0.25, 0.3) is 0 Å². The second-order valence-electron chi connectivity index (χ2n) is 4.20. The Morgan fingerprint density at radius 2 is 2.15 bits per heavy atom. The number of carbonyl (C=O) groups is 1. The van der Waals surface area contributed by atoms with E-state index in [0.29, 0.717) is 5.69 Å². The molecular formula is C14H13ClFN3O. The number of aromatic nitrogens is 1. The molecule has 0 spiro atoms. The smallest absolute Gasteiger partial charge is 0.319 e. The minimum absolute atomic E-state index is 0.144. The standard InChI is InChI=1S/C14H13ClFN3O/c1-9(12-4-2-3-7-17-12)18-14(20)19-13-6-5-10(16)8-11(13)15/h2-9H,1H3,(H2,18,19,20). The van der Waals surface area contributed by atoms with Gasteiger partial charge in [0.25, 0.3) is 0 Å². The summed E-state index contributed by atoms with van der Waals surface area (Å²) in [6.45, 7) is 1.81. The average Bonchev–Trinajstić information content (AvgIpc) is 2.43. The maximum atomic E-state index is 12.9. The van der Waals surface area contributed by atoms with Crippen molar-refractivity contribution in [3.63, 3.8) is 0 Å². The lowest BCUT2D eigenvalue weighted by molar-refractivity contribution is 0.249. The van der Waals surface area contributed by atoms with Crippen molar-refractivity contribution in [2.45, 2.75) is 13.0 Å². The molecule has 2 N–H and O–H groups in total. The number of rotatable bonds is 3. The SMILES string of the molecule is CC(NC(=O)Nc1ccc(F)cc1Cl)c1ccccn1. The third-order valence-corrected chi connectivity index (χ3v) is 2.97. The van der Waals surface area contributed by atoms with Gasteiger partial charge in [-0.1, -0.05) is 17.7 Å². The van der Waals surface area contributed by atoms with E-state index in [4.69, 9.17) is 11.6 Å². The second kappa shape index (κ2) is 6.34. The zero-order valence-electron chi connectivity index (χ0n) is 10.7. The number of pyridine rings is 1. The summed E-state index contributed by atoms with van der Waals surface area (Å²) in [6, 6.07) is 8.54. The van der Waals surface area contributed by atoms with E-state index in [-0.39, 0.29) is 11.1 Å². The Labute approximate surface area is 121 Å². The summed E-state index contributed by atoms with van der Waals surface area (Å²) in [7, 11) is 0. The summed E-state index contributed by atoms with van der Waals surface area (Å²) in [6.07, 6.45) is 1.66. The van der Waals surface area contributed by atoms with Crippen molar-refractivity contribution in [3.05, 3.63) is 59.1 Å². The lowest BCUT2D eigenvalue weighted by Gasteiger charge is -2.14. The molecule has 20 heavy (non-hydrogen) atoms. The fourth-order valence-corrected chi connectivity index (χ4v) is 1.87. The van der Waals surface area contributed by atoms with Crippen LogP contribution < -0.4 is 10.6 Å². The Bertz CT molecular complexity index is 607. The number of amides is 2. The zero-order valence-corrected chi connectivity index (χ0v) is 11.5. The van der Waals surface area contributed by atoms with Gasteiger partial charge in [0.1, 0.15) is 5.82 Å². The summed E-state index contributed by atoms with van der Waals surface area (Å²) in [4.78, 5) is 16.0. The number of benzene rings is 1. The number of urea groups is 1. The summed E-state index contributed by atoms with van der Waals surface area (Å²) in [5, 5.41) is 5.43. The van der Waals surface area contributed by atoms with Crippen LogP contribution in [0.4, 0.5) is 14.9 Å². The van der Waals surface area contributed by atoms with E-state index in [1.54, 1.807) is 12.3 Å². The molecule has 1 unspecified atom stereocenters. The number of halogens is 2. The van der Waals surface area contributed by atoms with Crippen molar-refractivity contribution in [2.24, 2.45) is 0 Å². The molecule has 0 saturated heterocycles. The molecule has 6 heteroatoms. The van der Waals surface area contributed by atoms with Crippen molar-refractivity contribution in [1.29, 1.82) is 0 Å². The first kappa shape index (κ1) is 14.3. The molecule has 0 fully saturated rings. The average molecular weight is 294 g/mol. The summed E-state index contributed by atoms with van der Waals surface area (Å²) in [5.41, 5.74) is 1.09. The molecule has 1 aromatic carbocycles. The summed E-state index contributed by atoms with van der Waals surface area (Å²) >= 11 is 5.83. The van der Waals surface area contributed by atoms with Gasteiger partial charge in [-0.2, -0.15) is 0 Å². The van der Waals surface area contributed by atoms with Crippen LogP contribution in [0.1, 0.15) is 18.7 Å². The molecule has 1 atom stereocenters. The van der Waals surface area contributed by atoms with Gasteiger partial charge < -0.3 is 10.6 Å². The molecule has 2 aromatic rings. The van der Waals surface area contributed by atoms with E-state index in [2.05, 4.69) is 15.6 Å². The molecule has 1 aromatic heterocycles. The lowest BCUT2D eigenvalue weighted by Crippen LogP contribution is -2.31. The van der Waals surface area contributed by atoms with Crippen LogP contribution in [-0.4, -0.2) is 11.0 Å². The highest BCUT2D eigenvalue weighted by atomic mass is 35.5. The van der Waals surface area contributed by atoms with Gasteiger partial charge in [-0.05, 0) is 37.3 Å². The first-order chi connectivity index (χ1) is 9.56. The highest BCUT2D eigenvalue weighted by Crippen LogP contribution is 2.22. The molecule has 0 aliphatic heterocycles. The van der Waals surface area contributed by atoms with Gasteiger partial charge in [0.05, 0.1) is 22.4 Å². The third kappa shape index (κ3) is 3.68. The van der Waals surface area contributed by atoms with Crippen molar-refractivity contribution in [3.8, 4) is 0 Å². The first-order valence-corrected chi connectivity index (χ1v) is 6.37. The van der Waals surface area contributed by atoms with Crippen LogP contribution in [0.2, 0.25) is 5.02 Å². The van der Waals surface area contributed by atoms with Gasteiger partial charge in [-0.25, -0.2) is 9.18 Å². The van der Waals surface area contributed by atoms with Gasteiger partial charge in [0.2, 0.25) is 0 Å². The Morgan fingerprint density at radius 1 is 1.35 bits per heavy atom. The molecule has 0 aliphatic carbocycles. The van der Waals surface area contributed by atoms with E-state index in [1.807, 2.05) is 19.1 Å². The normalized spacial score (nSPS) is 11.8. The van der Waals surface area contributed by atoms with Gasteiger partial charge in [0.15, 0.2) is 0 Å². The van der Waals surface area contributed by atoms with E-state index >= 15 is 0 Å². The van der Waals surface area contributed by atoms with Gasteiger partial charge in [0, 0.05) is 6.20 Å². The van der Waals surface area contributed by atoms with E-state index in [1.165, 1.54) is 12.1 Å². The van der Waals surface area contributed by atoms with Crippen molar-refractivity contribution >= 4 is 23.3 Å². The predicted molar refractivity (Wildman–Crippen MR) is 76.2 cm³/mol. The maximum absolute atomic E-state index is 12.9. The van der Waals surface area contributed by atoms with Crippen LogP contribution in [0.3, 0.4) is 0 Å². The Hall–Kier alpha value is -2.14. The molecule has 0 bridgehead atoms. The zero-order chi connectivity index (χ0) is 14.5. The van der Waals surface area contributed by atoms with Crippen LogP contribution in [0.15, 0.2) is 42.6 Å². The van der Waals surface area contributed by atoms with Crippen molar-refractivity contribution in [2.75, 3.05) is 5.32 Å². The predicted octanol–water partition coefficient (Wildman–Crippen LogP) is 3.76. The fourth-order valence-electron chi connectivity index (χ4n) is 1.65. The molecule has 104 valence electrons. The quantitative estimate of drug-likeness (QED) is 0.905. The minimum Gasteiger partial charge on any atom is -0.330 e. The highest BCUT2D eigenvalue weighted by molar-refractivity contribution is 6.33. The summed E-state index contributed by atoms with van der Waals surface area (Å²) in [5.74, 6) is -0.456.